The molecular formula is C16H21NO2S. The van der Waals surface area contributed by atoms with E-state index in [1.165, 1.54) is 10.4 Å². The van der Waals surface area contributed by atoms with Gasteiger partial charge in [-0.2, -0.15) is 0 Å². The highest BCUT2D eigenvalue weighted by Gasteiger charge is 2.06. The lowest BCUT2D eigenvalue weighted by molar-refractivity contribution is 0.397. The number of ether oxygens (including phenoxy) is 2. The zero-order chi connectivity index (χ0) is 14.4. The third-order valence-corrected chi connectivity index (χ3v) is 4.27. The van der Waals surface area contributed by atoms with E-state index in [0.29, 0.717) is 0 Å². The van der Waals surface area contributed by atoms with Gasteiger partial charge < -0.3 is 14.8 Å². The average Bonchev–Trinajstić information content (AvgIpc) is 2.94. The predicted molar refractivity (Wildman–Crippen MR) is 83.8 cm³/mol. The summed E-state index contributed by atoms with van der Waals surface area (Å²) in [5.41, 5.74) is 2.54. The molecule has 108 valence electrons. The Bertz CT molecular complexity index is 551. The molecule has 1 N–H and O–H groups in total. The van der Waals surface area contributed by atoms with Crippen LogP contribution in [0.5, 0.6) is 11.5 Å². The lowest BCUT2D eigenvalue weighted by Crippen LogP contribution is -2.13. The molecule has 0 saturated heterocycles. The third-order valence-electron chi connectivity index (χ3n) is 3.31. The fraction of sp³-hybridized carbons (Fsp3) is 0.375. The summed E-state index contributed by atoms with van der Waals surface area (Å²) in [5, 5.41) is 5.63. The van der Waals surface area contributed by atoms with Gasteiger partial charge in [-0.05, 0) is 41.6 Å². The predicted octanol–water partition coefficient (Wildman–Crippen LogP) is 3.62. The maximum Gasteiger partial charge on any atom is 0.123 e. The highest BCUT2D eigenvalue weighted by Crippen LogP contribution is 2.24. The van der Waals surface area contributed by atoms with Crippen molar-refractivity contribution in [2.75, 3.05) is 14.2 Å². The third kappa shape index (κ3) is 3.52. The van der Waals surface area contributed by atoms with E-state index in [4.69, 9.17) is 9.47 Å². The van der Waals surface area contributed by atoms with Crippen molar-refractivity contribution in [3.63, 3.8) is 0 Å². The van der Waals surface area contributed by atoms with Gasteiger partial charge in [-0.25, -0.2) is 0 Å². The molecule has 0 aliphatic carbocycles. The SMILES string of the molecule is CCc1ccsc1CNCc1cc(OC)ccc1OC. The Morgan fingerprint density at radius 1 is 1.05 bits per heavy atom. The van der Waals surface area contributed by atoms with Crippen molar-refractivity contribution < 1.29 is 9.47 Å². The summed E-state index contributed by atoms with van der Waals surface area (Å²) in [6.45, 7) is 3.85. The second-order valence-corrected chi connectivity index (χ2v) is 5.50. The molecular weight excluding hydrogens is 270 g/mol. The molecule has 0 unspecified atom stereocenters. The van der Waals surface area contributed by atoms with Gasteiger partial charge in [-0.1, -0.05) is 6.92 Å². The zero-order valence-corrected chi connectivity index (χ0v) is 13.0. The smallest absolute Gasteiger partial charge is 0.123 e. The molecule has 0 amide bonds. The highest BCUT2D eigenvalue weighted by atomic mass is 32.1. The van der Waals surface area contributed by atoms with Crippen molar-refractivity contribution in [3.8, 4) is 11.5 Å². The van der Waals surface area contributed by atoms with Gasteiger partial charge >= 0.3 is 0 Å². The summed E-state index contributed by atoms with van der Waals surface area (Å²) in [4.78, 5) is 1.41. The van der Waals surface area contributed by atoms with Crippen molar-refractivity contribution in [1.29, 1.82) is 0 Å². The molecule has 0 fully saturated rings. The van der Waals surface area contributed by atoms with Gasteiger partial charge in [0.25, 0.3) is 0 Å². The summed E-state index contributed by atoms with van der Waals surface area (Å²) < 4.78 is 10.6. The summed E-state index contributed by atoms with van der Waals surface area (Å²) in [5.74, 6) is 1.74. The van der Waals surface area contributed by atoms with Crippen LogP contribution in [0.25, 0.3) is 0 Å². The molecule has 1 heterocycles. The Hall–Kier alpha value is -1.52. The first-order valence-electron chi connectivity index (χ1n) is 6.75. The standard InChI is InChI=1S/C16H21NO2S/c1-4-12-7-8-20-16(12)11-17-10-13-9-14(18-2)5-6-15(13)19-3/h5-9,17H,4,10-11H2,1-3H3. The minimum Gasteiger partial charge on any atom is -0.497 e. The van der Waals surface area contributed by atoms with Gasteiger partial charge in [0.05, 0.1) is 14.2 Å². The van der Waals surface area contributed by atoms with E-state index in [1.807, 2.05) is 29.5 Å². The Morgan fingerprint density at radius 3 is 2.60 bits per heavy atom. The molecule has 2 rings (SSSR count). The summed E-state index contributed by atoms with van der Waals surface area (Å²) in [6.07, 6.45) is 1.09. The maximum absolute atomic E-state index is 5.38. The van der Waals surface area contributed by atoms with E-state index in [0.717, 1.165) is 36.6 Å². The zero-order valence-electron chi connectivity index (χ0n) is 12.2. The average molecular weight is 291 g/mol. The summed E-state index contributed by atoms with van der Waals surface area (Å²) >= 11 is 1.81. The number of nitrogens with one attached hydrogen (secondary N) is 1. The van der Waals surface area contributed by atoms with Gasteiger partial charge in [0.15, 0.2) is 0 Å². The largest absolute Gasteiger partial charge is 0.497 e. The van der Waals surface area contributed by atoms with Crippen molar-refractivity contribution in [2.24, 2.45) is 0 Å². The van der Waals surface area contributed by atoms with E-state index < -0.39 is 0 Å². The molecule has 0 aliphatic heterocycles. The van der Waals surface area contributed by atoms with Crippen LogP contribution in [0.2, 0.25) is 0 Å². The normalized spacial score (nSPS) is 10.6. The minimum absolute atomic E-state index is 0.765. The van der Waals surface area contributed by atoms with Gasteiger partial charge in [0.1, 0.15) is 11.5 Å². The first-order valence-corrected chi connectivity index (χ1v) is 7.63. The van der Waals surface area contributed by atoms with Crippen LogP contribution in [0.3, 0.4) is 0 Å². The fourth-order valence-corrected chi connectivity index (χ4v) is 3.11. The van der Waals surface area contributed by atoms with Crippen molar-refractivity contribution in [1.82, 2.24) is 5.32 Å². The molecule has 0 atom stereocenters. The van der Waals surface area contributed by atoms with Gasteiger partial charge in [0, 0.05) is 23.5 Å². The lowest BCUT2D eigenvalue weighted by Gasteiger charge is -2.11. The topological polar surface area (TPSA) is 30.5 Å². The van der Waals surface area contributed by atoms with Crippen LogP contribution in [0.4, 0.5) is 0 Å². The van der Waals surface area contributed by atoms with Crippen LogP contribution in [-0.4, -0.2) is 14.2 Å². The first kappa shape index (κ1) is 14.9. The van der Waals surface area contributed by atoms with Gasteiger partial charge in [-0.3, -0.25) is 0 Å². The van der Waals surface area contributed by atoms with E-state index in [9.17, 15) is 0 Å². The molecule has 3 nitrogen and oxygen atoms in total. The van der Waals surface area contributed by atoms with Crippen LogP contribution in [0, 0.1) is 0 Å². The Labute approximate surface area is 124 Å². The molecule has 20 heavy (non-hydrogen) atoms. The monoisotopic (exact) mass is 291 g/mol. The van der Waals surface area contributed by atoms with Crippen LogP contribution in [0.15, 0.2) is 29.6 Å². The minimum atomic E-state index is 0.765. The van der Waals surface area contributed by atoms with Gasteiger partial charge in [0.2, 0.25) is 0 Å². The summed E-state index contributed by atoms with van der Waals surface area (Å²) in [6, 6.07) is 8.07. The fourth-order valence-electron chi connectivity index (χ4n) is 2.17. The maximum atomic E-state index is 5.38. The number of thiophene rings is 1. The van der Waals surface area contributed by atoms with Crippen LogP contribution >= 0.6 is 11.3 Å². The Morgan fingerprint density at radius 2 is 1.90 bits per heavy atom. The van der Waals surface area contributed by atoms with E-state index in [1.54, 1.807) is 14.2 Å². The Kier molecular flexibility index (Phi) is 5.44. The number of methoxy groups -OCH3 is 2. The first-order chi connectivity index (χ1) is 9.78. The molecule has 2 aromatic rings. The second-order valence-electron chi connectivity index (χ2n) is 4.50. The van der Waals surface area contributed by atoms with Crippen molar-refractivity contribution >= 4 is 11.3 Å². The van der Waals surface area contributed by atoms with Gasteiger partial charge in [-0.15, -0.1) is 11.3 Å². The second kappa shape index (κ2) is 7.31. The van der Waals surface area contributed by atoms with Crippen LogP contribution < -0.4 is 14.8 Å². The number of hydrogen-bond acceptors (Lipinski definition) is 4. The Balaban J connectivity index is 1.99. The molecule has 0 radical (unpaired) electrons. The molecule has 0 saturated carbocycles. The number of hydrogen-bond donors (Lipinski definition) is 1. The number of rotatable bonds is 7. The molecule has 1 aromatic heterocycles. The highest BCUT2D eigenvalue weighted by molar-refractivity contribution is 7.10. The lowest BCUT2D eigenvalue weighted by atomic mass is 10.1. The van der Waals surface area contributed by atoms with E-state index in [2.05, 4.69) is 23.7 Å². The van der Waals surface area contributed by atoms with Crippen molar-refractivity contribution in [3.05, 3.63) is 45.6 Å². The summed E-state index contributed by atoms with van der Waals surface area (Å²) in [7, 11) is 3.37. The van der Waals surface area contributed by atoms with Crippen LogP contribution in [0.1, 0.15) is 22.9 Å². The molecule has 0 bridgehead atoms. The number of aryl methyl sites for hydroxylation is 1. The van der Waals surface area contributed by atoms with E-state index in [-0.39, 0.29) is 0 Å². The van der Waals surface area contributed by atoms with Crippen molar-refractivity contribution in [2.45, 2.75) is 26.4 Å². The van der Waals surface area contributed by atoms with E-state index >= 15 is 0 Å². The molecule has 0 spiro atoms. The molecule has 0 aliphatic rings. The van der Waals surface area contributed by atoms with Crippen LogP contribution in [-0.2, 0) is 19.5 Å². The molecule has 4 heteroatoms. The number of benzene rings is 1. The molecule has 1 aromatic carbocycles. The quantitative estimate of drug-likeness (QED) is 0.845.